The highest BCUT2D eigenvalue weighted by atomic mass is 19.1. The largest absolute Gasteiger partial charge is 0.381 e. The fourth-order valence-electron chi connectivity index (χ4n) is 5.16. The first kappa shape index (κ1) is 30.9. The Bertz CT molecular complexity index is 1490. The van der Waals surface area contributed by atoms with Crippen LogP contribution in [0.15, 0.2) is 36.4 Å². The summed E-state index contributed by atoms with van der Waals surface area (Å²) in [6.45, 7) is -1.64. The van der Waals surface area contributed by atoms with Crippen LogP contribution < -0.4 is 10.6 Å². The van der Waals surface area contributed by atoms with E-state index in [1.54, 1.807) is 6.07 Å². The maximum atomic E-state index is 15.6. The van der Waals surface area contributed by atoms with Crippen molar-refractivity contribution in [1.29, 1.82) is 0 Å². The number of aliphatic hydroxyl groups is 8. The number of benzene rings is 2. The van der Waals surface area contributed by atoms with Crippen LogP contribution in [0.2, 0.25) is 0 Å². The van der Waals surface area contributed by atoms with Crippen molar-refractivity contribution in [3.8, 4) is 0 Å². The highest BCUT2D eigenvalue weighted by Crippen LogP contribution is 2.42. The normalized spacial score (nSPS) is 28.0. The summed E-state index contributed by atoms with van der Waals surface area (Å²) < 4.78 is 19.6. The number of amides is 3. The number of rotatable bonds is 6. The smallest absolute Gasteiger partial charge is 0.353 e. The van der Waals surface area contributed by atoms with Crippen LogP contribution in [0.25, 0.3) is 0 Å². The van der Waals surface area contributed by atoms with E-state index in [-0.39, 0.29) is 42.0 Å². The molecule has 2 fully saturated rings. The molecule has 2 saturated heterocycles. The highest BCUT2D eigenvalue weighted by molar-refractivity contribution is 6.14. The van der Waals surface area contributed by atoms with Crippen LogP contribution in [0.4, 0.5) is 10.1 Å². The topological polar surface area (TPSA) is 253 Å². The first-order chi connectivity index (χ1) is 19.8. The predicted molar refractivity (Wildman–Crippen MR) is 136 cm³/mol. The maximum absolute atomic E-state index is 15.6. The Labute approximate surface area is 242 Å². The number of imide groups is 1. The van der Waals surface area contributed by atoms with Gasteiger partial charge in [0.15, 0.2) is 13.5 Å². The van der Waals surface area contributed by atoms with Gasteiger partial charge in [-0.15, -0.1) is 0 Å². The van der Waals surface area contributed by atoms with Crippen LogP contribution in [0.1, 0.15) is 39.9 Å². The Morgan fingerprint density at radius 2 is 1.60 bits per heavy atom. The van der Waals surface area contributed by atoms with Crippen LogP contribution >= 0.6 is 0 Å². The molecule has 0 spiro atoms. The van der Waals surface area contributed by atoms with Gasteiger partial charge in [-0.1, -0.05) is 24.3 Å². The fourth-order valence-corrected chi connectivity index (χ4v) is 5.16. The first-order valence-electron chi connectivity index (χ1n) is 12.7. The van der Waals surface area contributed by atoms with Gasteiger partial charge in [0.05, 0.1) is 6.54 Å². The van der Waals surface area contributed by atoms with Crippen molar-refractivity contribution < 1.29 is 64.4 Å². The SMILES string of the molecule is [B]C1(O)OC(O)(O)C(O)(O)N(Cc2cccc(CNc3cccc4c3CN(C3(O)CCC(=O)NC3=O)C4=O)c2F)C1(O)O. The minimum Gasteiger partial charge on any atom is -0.381 e. The van der Waals surface area contributed by atoms with Gasteiger partial charge in [-0.3, -0.25) is 29.3 Å². The molecule has 0 aliphatic carbocycles. The van der Waals surface area contributed by atoms with Crippen LogP contribution in [-0.2, 0) is 34.0 Å². The zero-order valence-electron chi connectivity index (χ0n) is 22.1. The molecule has 2 aromatic carbocycles. The summed E-state index contributed by atoms with van der Waals surface area (Å²) in [4.78, 5) is 37.7. The van der Waals surface area contributed by atoms with Crippen molar-refractivity contribution in [3.05, 3.63) is 64.5 Å². The monoisotopic (exact) mass is 604 g/mol. The molecule has 2 atom stereocenters. The number of morpholine rings is 1. The van der Waals surface area contributed by atoms with Gasteiger partial charge in [0.25, 0.3) is 17.7 Å². The Hall–Kier alpha value is -3.56. The van der Waals surface area contributed by atoms with Gasteiger partial charge >= 0.3 is 11.9 Å². The second-order valence-electron chi connectivity index (χ2n) is 10.4. The number of nitrogens with zero attached hydrogens (tertiary/aromatic N) is 2. The molecule has 0 aromatic heterocycles. The van der Waals surface area contributed by atoms with Crippen LogP contribution in [0.5, 0.6) is 0 Å². The zero-order valence-corrected chi connectivity index (χ0v) is 22.1. The lowest BCUT2D eigenvalue weighted by Crippen LogP contribution is -2.84. The van der Waals surface area contributed by atoms with Gasteiger partial charge in [-0.2, -0.15) is 4.90 Å². The van der Waals surface area contributed by atoms with Crippen LogP contribution in [0, 0.1) is 5.82 Å². The molecule has 3 heterocycles. The first-order valence-corrected chi connectivity index (χ1v) is 12.7. The molecular formula is C25H26BFN4O12. The molecule has 3 amide bonds. The van der Waals surface area contributed by atoms with E-state index in [0.29, 0.717) is 11.3 Å². The molecule has 2 aromatic rings. The van der Waals surface area contributed by atoms with Crippen molar-refractivity contribution >= 4 is 31.3 Å². The Morgan fingerprint density at radius 1 is 0.953 bits per heavy atom. The number of hydrogen-bond acceptors (Lipinski definition) is 14. The minimum atomic E-state index is -4.07. The predicted octanol–water partition coefficient (Wildman–Crippen LogP) is -3.92. The van der Waals surface area contributed by atoms with E-state index in [9.17, 15) is 55.2 Å². The molecule has 43 heavy (non-hydrogen) atoms. The number of fused-ring (bicyclic) bond motifs is 1. The van der Waals surface area contributed by atoms with Gasteiger partial charge in [-0.05, 0) is 12.1 Å². The molecule has 2 radical (unpaired) electrons. The van der Waals surface area contributed by atoms with E-state index in [2.05, 4.69) is 10.1 Å². The lowest BCUT2D eigenvalue weighted by Gasteiger charge is -2.57. The zero-order chi connectivity index (χ0) is 31.8. The molecular weight excluding hydrogens is 578 g/mol. The number of ether oxygens (including phenoxy) is 1. The van der Waals surface area contributed by atoms with Crippen LogP contribution in [0.3, 0.4) is 0 Å². The molecule has 3 aliphatic heterocycles. The van der Waals surface area contributed by atoms with E-state index < -0.39 is 64.9 Å². The molecule has 10 N–H and O–H groups in total. The van der Waals surface area contributed by atoms with Crippen LogP contribution in [-0.4, -0.2) is 105 Å². The summed E-state index contributed by atoms with van der Waals surface area (Å²) in [6, 6.07) is 8.24. The van der Waals surface area contributed by atoms with Gasteiger partial charge in [0, 0.05) is 53.9 Å². The molecule has 228 valence electrons. The third kappa shape index (κ3) is 4.77. The lowest BCUT2D eigenvalue weighted by atomic mass is 9.86. The average molecular weight is 604 g/mol. The number of nitrogens with one attached hydrogen (secondary N) is 2. The van der Waals surface area contributed by atoms with Crippen molar-refractivity contribution in [2.24, 2.45) is 0 Å². The van der Waals surface area contributed by atoms with Gasteiger partial charge in [-0.25, -0.2) is 4.39 Å². The molecule has 18 heteroatoms. The number of piperidine rings is 1. The third-order valence-corrected chi connectivity index (χ3v) is 7.66. The maximum Gasteiger partial charge on any atom is 0.353 e. The Morgan fingerprint density at radius 3 is 2.28 bits per heavy atom. The summed E-state index contributed by atoms with van der Waals surface area (Å²) >= 11 is 0. The minimum absolute atomic E-state index is 0.0708. The van der Waals surface area contributed by atoms with E-state index in [4.69, 9.17) is 7.85 Å². The summed E-state index contributed by atoms with van der Waals surface area (Å²) in [5.74, 6) is -15.3. The molecule has 3 aliphatic rings. The number of carbonyl (C=O) groups excluding carboxylic acids is 3. The Balaban J connectivity index is 1.38. The number of anilines is 1. The standard InChI is InChI=1S/C25H26BFN4O12/c26-22(36)23(37,38)31(24(39,40)25(41,42)43-22)10-13-4-1-3-12(18(13)27)9-28-16-6-2-5-14-15(16)11-30(19(14)33)21(35)8-7-17(32)29-20(21)34/h1-6,28,35-42H,7-11H2,(H,29,32,34). The van der Waals surface area contributed by atoms with E-state index in [1.807, 2.05) is 5.32 Å². The summed E-state index contributed by atoms with van der Waals surface area (Å²) in [6.07, 6.45) is -0.487. The molecule has 16 nitrogen and oxygen atoms in total. The number of hydrogen-bond donors (Lipinski definition) is 10. The van der Waals surface area contributed by atoms with Gasteiger partial charge < -0.3 is 46.2 Å². The van der Waals surface area contributed by atoms with Gasteiger partial charge in [0.1, 0.15) is 5.82 Å². The van der Waals surface area contributed by atoms with Crippen molar-refractivity contribution in [3.63, 3.8) is 0 Å². The third-order valence-electron chi connectivity index (χ3n) is 7.66. The number of carbonyl (C=O) groups is 3. The average Bonchev–Trinajstić information content (AvgIpc) is 3.25. The summed E-state index contributed by atoms with van der Waals surface area (Å²) in [7, 11) is 5.18. The fraction of sp³-hybridized carbons (Fsp3) is 0.400. The Kier molecular flexibility index (Phi) is 7.18. The van der Waals surface area contributed by atoms with Crippen molar-refractivity contribution in [1.82, 2.24) is 15.1 Å². The summed E-state index contributed by atoms with van der Waals surface area (Å²) in [5, 5.41) is 86.6. The molecule has 0 saturated carbocycles. The highest BCUT2D eigenvalue weighted by Gasteiger charge is 2.72. The molecule has 5 rings (SSSR count). The summed E-state index contributed by atoms with van der Waals surface area (Å²) in [5.41, 5.74) is -5.63. The van der Waals surface area contributed by atoms with E-state index in [1.165, 1.54) is 24.3 Å². The van der Waals surface area contributed by atoms with Crippen molar-refractivity contribution in [2.45, 2.75) is 61.7 Å². The molecule has 2 unspecified atom stereocenters. The van der Waals surface area contributed by atoms with Crippen molar-refractivity contribution in [2.75, 3.05) is 5.32 Å². The quantitative estimate of drug-likeness (QED) is 0.0860. The van der Waals surface area contributed by atoms with E-state index in [0.717, 1.165) is 11.0 Å². The van der Waals surface area contributed by atoms with E-state index >= 15 is 4.39 Å². The molecule has 0 bridgehead atoms. The second kappa shape index (κ2) is 9.99. The van der Waals surface area contributed by atoms with Gasteiger partial charge in [0.2, 0.25) is 11.6 Å². The lowest BCUT2D eigenvalue weighted by molar-refractivity contribution is -0.612. The number of halogens is 1. The second-order valence-corrected chi connectivity index (χ2v) is 10.4.